The second kappa shape index (κ2) is 5.02. The van der Waals surface area contributed by atoms with Gasteiger partial charge in [-0.15, -0.1) is 11.3 Å². The summed E-state index contributed by atoms with van der Waals surface area (Å²) in [4.78, 5) is 0.400. The molecule has 1 aliphatic rings. The molecule has 0 spiro atoms. The van der Waals surface area contributed by atoms with E-state index >= 15 is 0 Å². The van der Waals surface area contributed by atoms with Crippen molar-refractivity contribution in [3.8, 4) is 6.07 Å². The molecule has 0 fully saturated rings. The van der Waals surface area contributed by atoms with Crippen LogP contribution < -0.4 is 4.72 Å². The molecule has 2 aromatic rings. The van der Waals surface area contributed by atoms with Gasteiger partial charge in [-0.2, -0.15) is 5.26 Å². The van der Waals surface area contributed by atoms with Crippen LogP contribution in [0, 0.1) is 11.3 Å². The van der Waals surface area contributed by atoms with Crippen LogP contribution in [-0.4, -0.2) is 8.42 Å². The summed E-state index contributed by atoms with van der Waals surface area (Å²) in [6.07, 6.45) is 1.66. The fraction of sp³-hybridized carbons (Fsp3) is 0.214. The number of nitrogens with one attached hydrogen (secondary N) is 1. The van der Waals surface area contributed by atoms with E-state index in [1.807, 2.05) is 30.3 Å². The molecule has 0 amide bonds. The Morgan fingerprint density at radius 1 is 1.25 bits per heavy atom. The first-order valence-corrected chi connectivity index (χ1v) is 8.50. The van der Waals surface area contributed by atoms with Crippen LogP contribution in [0.4, 0.5) is 0 Å². The summed E-state index contributed by atoms with van der Waals surface area (Å²) in [6.45, 7) is 0. The van der Waals surface area contributed by atoms with Gasteiger partial charge in [0.15, 0.2) is 0 Å². The van der Waals surface area contributed by atoms with Gasteiger partial charge in [0.25, 0.3) is 10.0 Å². The molecule has 4 nitrogen and oxygen atoms in total. The molecule has 1 aromatic heterocycles. The van der Waals surface area contributed by atoms with Gasteiger partial charge in [0.05, 0.1) is 0 Å². The first-order valence-electron chi connectivity index (χ1n) is 6.20. The van der Waals surface area contributed by atoms with Crippen molar-refractivity contribution in [3.05, 3.63) is 52.4 Å². The number of benzene rings is 1. The number of nitrogens with zero attached hydrogens (tertiary/aromatic N) is 1. The van der Waals surface area contributed by atoms with Gasteiger partial charge in [-0.05, 0) is 36.1 Å². The SMILES string of the molecule is N#Cc1ccc(S(=O)(=O)NC2CCc3ccccc32)s1. The van der Waals surface area contributed by atoms with Crippen molar-refractivity contribution < 1.29 is 8.42 Å². The summed E-state index contributed by atoms with van der Waals surface area (Å²) in [5, 5.41) is 8.78. The molecule has 3 rings (SSSR count). The molecule has 1 heterocycles. The molecular formula is C14H12N2O2S2. The molecule has 0 aliphatic heterocycles. The van der Waals surface area contributed by atoms with Crippen LogP contribution in [0.3, 0.4) is 0 Å². The molecule has 1 unspecified atom stereocenters. The minimum Gasteiger partial charge on any atom is -0.206 e. The summed E-state index contributed by atoms with van der Waals surface area (Å²) in [7, 11) is -3.56. The maximum atomic E-state index is 12.3. The van der Waals surface area contributed by atoms with Crippen molar-refractivity contribution in [1.82, 2.24) is 4.72 Å². The van der Waals surface area contributed by atoms with Crippen molar-refractivity contribution in [1.29, 1.82) is 5.26 Å². The van der Waals surface area contributed by atoms with Gasteiger partial charge in [0.2, 0.25) is 0 Å². The molecule has 0 radical (unpaired) electrons. The molecule has 1 N–H and O–H groups in total. The molecule has 1 atom stereocenters. The van der Waals surface area contributed by atoms with Crippen LogP contribution in [0.15, 0.2) is 40.6 Å². The van der Waals surface area contributed by atoms with E-state index in [0.717, 1.165) is 29.7 Å². The summed E-state index contributed by atoms with van der Waals surface area (Å²) in [6, 6.07) is 12.7. The highest BCUT2D eigenvalue weighted by Crippen LogP contribution is 2.32. The van der Waals surface area contributed by atoms with Gasteiger partial charge >= 0.3 is 0 Å². The van der Waals surface area contributed by atoms with Crippen molar-refractivity contribution >= 4 is 21.4 Å². The second-order valence-corrected chi connectivity index (χ2v) is 7.67. The van der Waals surface area contributed by atoms with E-state index in [2.05, 4.69) is 4.72 Å². The fourth-order valence-corrected chi connectivity index (χ4v) is 4.82. The Bertz CT molecular complexity index is 788. The largest absolute Gasteiger partial charge is 0.250 e. The highest BCUT2D eigenvalue weighted by Gasteiger charge is 2.27. The number of nitriles is 1. The van der Waals surface area contributed by atoms with Gasteiger partial charge in [-0.3, -0.25) is 0 Å². The van der Waals surface area contributed by atoms with Gasteiger partial charge in [-0.25, -0.2) is 13.1 Å². The Kier molecular flexibility index (Phi) is 3.34. The third-order valence-corrected chi connectivity index (χ3v) is 6.34. The number of aryl methyl sites for hydroxylation is 1. The third-order valence-electron chi connectivity index (χ3n) is 3.39. The average Bonchev–Trinajstić information content (AvgIpc) is 3.06. The van der Waals surface area contributed by atoms with Crippen LogP contribution in [0.2, 0.25) is 0 Å². The molecule has 1 aliphatic carbocycles. The maximum Gasteiger partial charge on any atom is 0.250 e. The highest BCUT2D eigenvalue weighted by molar-refractivity contribution is 7.91. The van der Waals surface area contributed by atoms with Crippen molar-refractivity contribution in [2.45, 2.75) is 23.1 Å². The summed E-state index contributed by atoms with van der Waals surface area (Å²) in [5.41, 5.74) is 2.25. The first-order chi connectivity index (χ1) is 9.60. The number of fused-ring (bicyclic) bond motifs is 1. The van der Waals surface area contributed by atoms with E-state index in [1.165, 1.54) is 17.7 Å². The maximum absolute atomic E-state index is 12.3. The van der Waals surface area contributed by atoms with Crippen LogP contribution in [0.1, 0.15) is 28.5 Å². The third kappa shape index (κ3) is 2.36. The zero-order valence-corrected chi connectivity index (χ0v) is 12.2. The Morgan fingerprint density at radius 2 is 2.05 bits per heavy atom. The minimum absolute atomic E-state index is 0.177. The Morgan fingerprint density at radius 3 is 2.80 bits per heavy atom. The Labute approximate surface area is 121 Å². The lowest BCUT2D eigenvalue weighted by molar-refractivity contribution is 0.556. The smallest absolute Gasteiger partial charge is 0.206 e. The monoisotopic (exact) mass is 304 g/mol. The number of hydrogen-bond acceptors (Lipinski definition) is 4. The number of thiophene rings is 1. The molecular weight excluding hydrogens is 292 g/mol. The van der Waals surface area contributed by atoms with E-state index in [1.54, 1.807) is 0 Å². The van der Waals surface area contributed by atoms with Crippen LogP contribution in [0.5, 0.6) is 0 Å². The van der Waals surface area contributed by atoms with Crippen molar-refractivity contribution in [2.24, 2.45) is 0 Å². The molecule has 6 heteroatoms. The fourth-order valence-electron chi connectivity index (χ4n) is 2.45. The standard InChI is InChI=1S/C14H12N2O2S2/c15-9-11-6-8-14(19-11)20(17,18)16-13-7-5-10-3-1-2-4-12(10)13/h1-4,6,8,13,16H,5,7H2. The predicted octanol–water partition coefficient (Wildman–Crippen LogP) is 2.59. The van der Waals surface area contributed by atoms with Crippen molar-refractivity contribution in [3.63, 3.8) is 0 Å². The molecule has 0 saturated carbocycles. The normalized spacial score (nSPS) is 17.6. The molecule has 102 valence electrons. The van der Waals surface area contributed by atoms with Crippen LogP contribution in [0.25, 0.3) is 0 Å². The second-order valence-electron chi connectivity index (χ2n) is 4.64. The first kappa shape index (κ1) is 13.3. The molecule has 0 bridgehead atoms. The topological polar surface area (TPSA) is 70.0 Å². The molecule has 0 saturated heterocycles. The highest BCUT2D eigenvalue weighted by atomic mass is 32.2. The van der Waals surface area contributed by atoms with Gasteiger partial charge < -0.3 is 0 Å². The zero-order chi connectivity index (χ0) is 14.2. The average molecular weight is 304 g/mol. The van der Waals surface area contributed by atoms with Gasteiger partial charge in [0, 0.05) is 6.04 Å². The Hall–Kier alpha value is -1.68. The summed E-state index contributed by atoms with van der Waals surface area (Å²) in [5.74, 6) is 0. The predicted molar refractivity (Wildman–Crippen MR) is 76.9 cm³/mol. The molecule has 1 aromatic carbocycles. The van der Waals surface area contributed by atoms with E-state index in [4.69, 9.17) is 5.26 Å². The lowest BCUT2D eigenvalue weighted by atomic mass is 10.1. The van der Waals surface area contributed by atoms with Crippen LogP contribution >= 0.6 is 11.3 Å². The van der Waals surface area contributed by atoms with Gasteiger partial charge in [-0.1, -0.05) is 24.3 Å². The summed E-state index contributed by atoms with van der Waals surface area (Å²) >= 11 is 0.993. The lowest BCUT2D eigenvalue weighted by Gasteiger charge is -2.13. The lowest BCUT2D eigenvalue weighted by Crippen LogP contribution is -2.26. The van der Waals surface area contributed by atoms with Crippen molar-refractivity contribution in [2.75, 3.05) is 0 Å². The van der Waals surface area contributed by atoms with E-state index < -0.39 is 10.0 Å². The van der Waals surface area contributed by atoms with E-state index in [-0.39, 0.29) is 10.3 Å². The van der Waals surface area contributed by atoms with E-state index in [9.17, 15) is 8.42 Å². The number of rotatable bonds is 3. The van der Waals surface area contributed by atoms with Crippen LogP contribution in [-0.2, 0) is 16.4 Å². The van der Waals surface area contributed by atoms with E-state index in [0.29, 0.717) is 4.88 Å². The number of sulfonamides is 1. The minimum atomic E-state index is -3.56. The Balaban J connectivity index is 1.87. The van der Waals surface area contributed by atoms with Gasteiger partial charge in [0.1, 0.15) is 15.2 Å². The molecule has 20 heavy (non-hydrogen) atoms. The number of hydrogen-bond donors (Lipinski definition) is 1. The summed E-state index contributed by atoms with van der Waals surface area (Å²) < 4.78 is 27.6. The quantitative estimate of drug-likeness (QED) is 0.947. The zero-order valence-electron chi connectivity index (χ0n) is 10.5.